The first-order valence-corrected chi connectivity index (χ1v) is 13.9. The highest BCUT2D eigenvalue weighted by atomic mass is 127. The number of phenolic OH excluding ortho intramolecular Hbond substituents is 1. The molecule has 4 nitrogen and oxygen atoms in total. The smallest absolute Gasteiger partial charge is 0.134 e. The van der Waals surface area contributed by atoms with Gasteiger partial charge in [-0.15, -0.1) is 6.42 Å². The van der Waals surface area contributed by atoms with E-state index in [9.17, 15) is 5.11 Å². The summed E-state index contributed by atoms with van der Waals surface area (Å²) in [6.07, 6.45) is 4.53. The summed E-state index contributed by atoms with van der Waals surface area (Å²) in [7, 11) is 0. The molecule has 4 aromatic carbocycles. The Balaban J connectivity index is 0.000000313. The van der Waals surface area contributed by atoms with Crippen LogP contribution in [0.25, 0.3) is 33.2 Å². The Kier molecular flexibility index (Phi) is 16.7. The molecular weight excluding hydrogens is 599 g/mol. The van der Waals surface area contributed by atoms with Gasteiger partial charge in [-0.3, -0.25) is 0 Å². The molecule has 1 heterocycles. The maximum atomic E-state index is 9.38. The highest BCUT2D eigenvalue weighted by Crippen LogP contribution is 2.27. The molecule has 39 heavy (non-hydrogen) atoms. The molecule has 5 heteroatoms. The summed E-state index contributed by atoms with van der Waals surface area (Å²) in [6.45, 7) is 7.79. The lowest BCUT2D eigenvalue weighted by molar-refractivity contribution is 0.251. The molecule has 0 saturated heterocycles. The van der Waals surface area contributed by atoms with E-state index in [0.29, 0.717) is 11.5 Å². The van der Waals surface area contributed by atoms with Gasteiger partial charge in [0.15, 0.2) is 0 Å². The van der Waals surface area contributed by atoms with Gasteiger partial charge >= 0.3 is 0 Å². The van der Waals surface area contributed by atoms with Crippen LogP contribution in [0.1, 0.15) is 33.5 Å². The fourth-order valence-electron chi connectivity index (χ4n) is 3.30. The molecule has 0 aliphatic carbocycles. The van der Waals surface area contributed by atoms with Crippen molar-refractivity contribution in [1.29, 1.82) is 0 Å². The van der Waals surface area contributed by atoms with E-state index in [2.05, 4.69) is 59.3 Å². The van der Waals surface area contributed by atoms with Crippen LogP contribution in [0, 0.1) is 15.9 Å². The van der Waals surface area contributed by atoms with E-state index in [1.807, 2.05) is 100 Å². The van der Waals surface area contributed by atoms with Gasteiger partial charge in [0.25, 0.3) is 0 Å². The number of fused-ring (bicyclic) bond motifs is 1. The normalized spacial score (nSPS) is 9.18. The Morgan fingerprint density at radius 3 is 1.64 bits per heavy atom. The number of phenols is 1. The molecule has 0 amide bonds. The van der Waals surface area contributed by atoms with Crippen molar-refractivity contribution >= 4 is 33.6 Å². The fraction of sp³-hybridized carbons (Fsp3) is 0.176. The summed E-state index contributed by atoms with van der Waals surface area (Å²) >= 11 is 2.13. The van der Waals surface area contributed by atoms with E-state index in [4.69, 9.17) is 14.6 Å². The minimum Gasteiger partial charge on any atom is -0.507 e. The molecule has 204 valence electrons. The molecule has 5 aromatic rings. The second-order valence-corrected chi connectivity index (χ2v) is 8.55. The van der Waals surface area contributed by atoms with Crippen molar-refractivity contribution in [2.24, 2.45) is 0 Å². The van der Waals surface area contributed by atoms with Gasteiger partial charge in [0.1, 0.15) is 30.3 Å². The predicted octanol–water partition coefficient (Wildman–Crippen LogP) is 8.92. The van der Waals surface area contributed by atoms with E-state index in [0.717, 1.165) is 25.7 Å². The van der Waals surface area contributed by atoms with Gasteiger partial charge in [-0.25, -0.2) is 0 Å². The lowest BCUT2D eigenvalue weighted by Crippen LogP contribution is -1.79. The number of hydrogen-bond acceptors (Lipinski definition) is 4. The standard InChI is InChI=1S/C15H12O2.C12H9IO.C3H4O.2C2H6/c16-10-14-9-13-8-12(6-7-15(13)17-14)11-4-2-1-3-5-11;13-11-8-10(6-7-12(11)14)9-4-2-1-3-5-9;1-2-3-4;2*1-2/h1-9,16H,10H2;1-8,14H;1,4H,3H2;2*1-2H3. The van der Waals surface area contributed by atoms with Crippen LogP contribution < -0.4 is 0 Å². The molecule has 0 bridgehead atoms. The summed E-state index contributed by atoms with van der Waals surface area (Å²) < 4.78 is 6.34. The number of hydrogen-bond donors (Lipinski definition) is 3. The number of aliphatic hydroxyl groups is 2. The van der Waals surface area contributed by atoms with Crippen LogP contribution in [0.15, 0.2) is 108 Å². The molecule has 0 saturated carbocycles. The molecule has 0 fully saturated rings. The number of furan rings is 1. The SMILES string of the molecule is C#CCO.CC.CC.OCc1cc2cc(-c3ccccc3)ccc2o1.Oc1ccc(-c2ccccc2)cc1I. The fourth-order valence-corrected chi connectivity index (χ4v) is 3.82. The monoisotopic (exact) mass is 636 g/mol. The van der Waals surface area contributed by atoms with Crippen molar-refractivity contribution in [3.63, 3.8) is 0 Å². The Bertz CT molecular complexity index is 1390. The highest BCUT2D eigenvalue weighted by molar-refractivity contribution is 14.1. The van der Waals surface area contributed by atoms with Crippen LogP contribution in [0.3, 0.4) is 0 Å². The molecule has 0 spiro atoms. The lowest BCUT2D eigenvalue weighted by Gasteiger charge is -2.03. The molecule has 1 aromatic heterocycles. The second-order valence-electron chi connectivity index (χ2n) is 7.38. The van der Waals surface area contributed by atoms with E-state index in [-0.39, 0.29) is 13.2 Å². The summed E-state index contributed by atoms with van der Waals surface area (Å²) in [5.74, 6) is 2.93. The van der Waals surface area contributed by atoms with Gasteiger partial charge in [-0.1, -0.05) is 106 Å². The van der Waals surface area contributed by atoms with E-state index in [1.54, 1.807) is 6.07 Å². The summed E-state index contributed by atoms with van der Waals surface area (Å²) in [5, 5.41) is 27.1. The van der Waals surface area contributed by atoms with Crippen LogP contribution in [0.5, 0.6) is 5.75 Å². The Morgan fingerprint density at radius 2 is 1.18 bits per heavy atom. The molecule has 0 atom stereocenters. The third-order valence-electron chi connectivity index (χ3n) is 4.98. The number of terminal acetylenes is 1. The third kappa shape index (κ3) is 11.0. The topological polar surface area (TPSA) is 73.8 Å². The number of aliphatic hydroxyl groups excluding tert-OH is 2. The van der Waals surface area contributed by atoms with Gasteiger partial charge in [0.05, 0.1) is 3.57 Å². The maximum Gasteiger partial charge on any atom is 0.134 e. The predicted molar refractivity (Wildman–Crippen MR) is 172 cm³/mol. The number of halogens is 1. The number of aromatic hydroxyl groups is 1. The van der Waals surface area contributed by atoms with Crippen molar-refractivity contribution in [2.45, 2.75) is 34.3 Å². The average molecular weight is 637 g/mol. The highest BCUT2D eigenvalue weighted by Gasteiger charge is 2.04. The molecular formula is C34H37IO4. The quantitative estimate of drug-likeness (QED) is 0.137. The van der Waals surface area contributed by atoms with Crippen molar-refractivity contribution in [3.05, 3.63) is 112 Å². The van der Waals surface area contributed by atoms with E-state index < -0.39 is 0 Å². The van der Waals surface area contributed by atoms with Gasteiger partial charge in [0, 0.05) is 5.39 Å². The first-order valence-electron chi connectivity index (χ1n) is 12.8. The molecule has 0 aliphatic rings. The van der Waals surface area contributed by atoms with Crippen molar-refractivity contribution in [2.75, 3.05) is 6.61 Å². The Hall–Kier alpha value is -3.57. The third-order valence-corrected chi connectivity index (χ3v) is 5.84. The van der Waals surface area contributed by atoms with Gasteiger partial charge in [0.2, 0.25) is 0 Å². The molecule has 5 rings (SSSR count). The molecule has 3 N–H and O–H groups in total. The lowest BCUT2D eigenvalue weighted by atomic mass is 10.0. The number of benzene rings is 4. The first kappa shape index (κ1) is 33.5. The summed E-state index contributed by atoms with van der Waals surface area (Å²) in [6, 6.07) is 33.9. The average Bonchev–Trinajstić information content (AvgIpc) is 3.45. The maximum absolute atomic E-state index is 9.38. The summed E-state index contributed by atoms with van der Waals surface area (Å²) in [4.78, 5) is 0. The van der Waals surface area contributed by atoms with Crippen molar-refractivity contribution < 1.29 is 19.7 Å². The van der Waals surface area contributed by atoms with Crippen LogP contribution >= 0.6 is 22.6 Å². The van der Waals surface area contributed by atoms with Gasteiger partial charge < -0.3 is 19.7 Å². The van der Waals surface area contributed by atoms with Gasteiger partial charge in [-0.05, 0) is 75.2 Å². The van der Waals surface area contributed by atoms with E-state index in [1.165, 1.54) is 11.1 Å². The first-order chi connectivity index (χ1) is 19.0. The van der Waals surface area contributed by atoms with E-state index >= 15 is 0 Å². The zero-order valence-electron chi connectivity index (χ0n) is 22.9. The van der Waals surface area contributed by atoms with Crippen LogP contribution in [-0.4, -0.2) is 21.9 Å². The zero-order chi connectivity index (χ0) is 29.0. The molecule has 0 aliphatic heterocycles. The van der Waals surface area contributed by atoms with Crippen molar-refractivity contribution in [3.8, 4) is 40.3 Å². The molecule has 0 unspecified atom stereocenters. The van der Waals surface area contributed by atoms with Crippen LogP contribution in [0.2, 0.25) is 0 Å². The Morgan fingerprint density at radius 1 is 0.692 bits per heavy atom. The molecule has 0 radical (unpaired) electrons. The van der Waals surface area contributed by atoms with Crippen LogP contribution in [-0.2, 0) is 6.61 Å². The minimum absolute atomic E-state index is 0.0602. The minimum atomic E-state index is -0.153. The Labute approximate surface area is 246 Å². The van der Waals surface area contributed by atoms with Gasteiger partial charge in [-0.2, -0.15) is 0 Å². The zero-order valence-corrected chi connectivity index (χ0v) is 25.1. The van der Waals surface area contributed by atoms with Crippen LogP contribution in [0.4, 0.5) is 0 Å². The second kappa shape index (κ2) is 19.5. The summed E-state index contributed by atoms with van der Waals surface area (Å²) in [5.41, 5.74) is 5.46. The van der Waals surface area contributed by atoms with Crippen molar-refractivity contribution in [1.82, 2.24) is 0 Å². The largest absolute Gasteiger partial charge is 0.507 e. The number of rotatable bonds is 3.